The van der Waals surface area contributed by atoms with E-state index >= 15 is 0 Å². The summed E-state index contributed by atoms with van der Waals surface area (Å²) >= 11 is 0. The fourth-order valence-corrected chi connectivity index (χ4v) is 2.37. The number of rotatable bonds is 3. The highest BCUT2D eigenvalue weighted by Gasteiger charge is 2.30. The molecule has 1 heterocycles. The third kappa shape index (κ3) is 2.77. The van der Waals surface area contributed by atoms with Crippen molar-refractivity contribution < 1.29 is 9.34 Å². The van der Waals surface area contributed by atoms with Gasteiger partial charge in [0.15, 0.2) is 0 Å². The monoisotopic (exact) mass is 246 g/mol. The highest BCUT2D eigenvalue weighted by Crippen LogP contribution is 2.31. The minimum atomic E-state index is -0.440. The van der Waals surface area contributed by atoms with Gasteiger partial charge in [0, 0.05) is 23.3 Å². The van der Waals surface area contributed by atoms with Crippen molar-refractivity contribution in [2.45, 2.75) is 31.7 Å². The molecule has 1 aromatic heterocycles. The van der Waals surface area contributed by atoms with E-state index in [1.807, 2.05) is 0 Å². The molecule has 0 aliphatic heterocycles. The normalized spacial score (nSPS) is 24.5. The minimum absolute atomic E-state index is 0.122. The molecule has 0 atom stereocenters. The lowest BCUT2D eigenvalue weighted by molar-refractivity contribution is -0.526. The quantitative estimate of drug-likeness (QED) is 0.466. The van der Waals surface area contributed by atoms with Gasteiger partial charge < -0.3 is 4.42 Å². The van der Waals surface area contributed by atoms with Crippen molar-refractivity contribution in [2.75, 3.05) is 0 Å². The molecule has 2 rings (SSSR count). The Morgan fingerprint density at radius 1 is 1.50 bits per heavy atom. The van der Waals surface area contributed by atoms with Gasteiger partial charge in [0.2, 0.25) is 6.04 Å². The van der Waals surface area contributed by atoms with E-state index in [4.69, 9.17) is 9.68 Å². The Kier molecular flexibility index (Phi) is 3.78. The zero-order valence-electron chi connectivity index (χ0n) is 9.91. The number of hydrogen-bond donors (Lipinski definition) is 0. The summed E-state index contributed by atoms with van der Waals surface area (Å²) in [5.41, 5.74) is 0.659. The molecule has 0 amide bonds. The summed E-state index contributed by atoms with van der Waals surface area (Å²) in [5.74, 6) is 0.777. The van der Waals surface area contributed by atoms with Crippen molar-refractivity contribution in [3.63, 3.8) is 0 Å². The van der Waals surface area contributed by atoms with Crippen LogP contribution in [0.5, 0.6) is 0 Å². The van der Waals surface area contributed by atoms with Gasteiger partial charge in [-0.2, -0.15) is 5.26 Å². The van der Waals surface area contributed by atoms with Gasteiger partial charge in [-0.05, 0) is 37.0 Å². The molecule has 0 unspecified atom stereocenters. The second kappa shape index (κ2) is 5.50. The average Bonchev–Trinajstić information content (AvgIpc) is 2.89. The van der Waals surface area contributed by atoms with Crippen molar-refractivity contribution in [2.24, 2.45) is 5.92 Å². The van der Waals surface area contributed by atoms with E-state index in [-0.39, 0.29) is 10.8 Å². The Labute approximate surface area is 105 Å². The van der Waals surface area contributed by atoms with E-state index in [1.165, 1.54) is 0 Å². The molecule has 0 aromatic carbocycles. The maximum atomic E-state index is 10.7. The van der Waals surface area contributed by atoms with Crippen molar-refractivity contribution in [3.05, 3.63) is 39.8 Å². The van der Waals surface area contributed by atoms with Gasteiger partial charge in [0.25, 0.3) is 0 Å². The van der Waals surface area contributed by atoms with E-state index in [9.17, 15) is 10.1 Å². The molecular formula is C13H14N2O3. The van der Waals surface area contributed by atoms with Crippen LogP contribution < -0.4 is 0 Å². The smallest absolute Gasteiger partial charge is 0.213 e. The average molecular weight is 246 g/mol. The fraction of sp³-hybridized carbons (Fsp3) is 0.462. The van der Waals surface area contributed by atoms with E-state index in [0.29, 0.717) is 37.0 Å². The molecule has 1 aliphatic rings. The Morgan fingerprint density at radius 3 is 2.72 bits per heavy atom. The molecule has 94 valence electrons. The number of furan rings is 1. The van der Waals surface area contributed by atoms with Gasteiger partial charge in [0.1, 0.15) is 5.76 Å². The highest BCUT2D eigenvalue weighted by atomic mass is 16.6. The van der Waals surface area contributed by atoms with Crippen LogP contribution in [0.2, 0.25) is 0 Å². The van der Waals surface area contributed by atoms with E-state index in [1.54, 1.807) is 24.5 Å². The number of nitro groups is 1. The third-order valence-electron chi connectivity index (χ3n) is 3.40. The molecule has 1 aliphatic carbocycles. The third-order valence-corrected chi connectivity index (χ3v) is 3.40. The SMILES string of the molecule is N#C/C(=C\c1ccco1)C1CCC([N+](=O)[O-])CC1. The molecule has 0 saturated heterocycles. The van der Waals surface area contributed by atoms with Crippen LogP contribution >= 0.6 is 0 Å². The van der Waals surface area contributed by atoms with E-state index in [0.717, 1.165) is 0 Å². The highest BCUT2D eigenvalue weighted by molar-refractivity contribution is 5.53. The molecule has 1 saturated carbocycles. The summed E-state index contributed by atoms with van der Waals surface area (Å²) < 4.78 is 5.18. The second-order valence-electron chi connectivity index (χ2n) is 4.52. The number of hydrogen-bond acceptors (Lipinski definition) is 4. The summed E-state index contributed by atoms with van der Waals surface area (Å²) in [7, 11) is 0. The van der Waals surface area contributed by atoms with Gasteiger partial charge in [0.05, 0.1) is 12.3 Å². The number of nitriles is 1. The summed E-state index contributed by atoms with van der Waals surface area (Å²) in [4.78, 5) is 10.5. The summed E-state index contributed by atoms with van der Waals surface area (Å²) in [6.45, 7) is 0. The van der Waals surface area contributed by atoms with Gasteiger partial charge >= 0.3 is 0 Å². The van der Waals surface area contributed by atoms with Crippen LogP contribution in [0.15, 0.2) is 28.4 Å². The van der Waals surface area contributed by atoms with Crippen LogP contribution in [0, 0.1) is 27.4 Å². The van der Waals surface area contributed by atoms with Crippen molar-refractivity contribution in [3.8, 4) is 6.07 Å². The molecule has 5 heteroatoms. The minimum Gasteiger partial charge on any atom is -0.465 e. The molecule has 5 nitrogen and oxygen atoms in total. The predicted octanol–water partition coefficient (Wildman–Crippen LogP) is 3.02. The van der Waals surface area contributed by atoms with Crippen LogP contribution in [-0.4, -0.2) is 11.0 Å². The van der Waals surface area contributed by atoms with Crippen LogP contribution in [0.4, 0.5) is 0 Å². The number of allylic oxidation sites excluding steroid dienone is 1. The van der Waals surface area contributed by atoms with Crippen molar-refractivity contribution in [1.29, 1.82) is 5.26 Å². The van der Waals surface area contributed by atoms with Crippen molar-refractivity contribution in [1.82, 2.24) is 0 Å². The van der Waals surface area contributed by atoms with Gasteiger partial charge in [-0.15, -0.1) is 0 Å². The summed E-state index contributed by atoms with van der Waals surface area (Å²) in [5, 5.41) is 19.8. The van der Waals surface area contributed by atoms with Crippen molar-refractivity contribution >= 4 is 6.08 Å². The molecule has 1 aromatic rings. The Balaban J connectivity index is 2.04. The molecule has 0 radical (unpaired) electrons. The van der Waals surface area contributed by atoms with Crippen LogP contribution in [0.25, 0.3) is 6.08 Å². The lowest BCUT2D eigenvalue weighted by Gasteiger charge is -2.23. The van der Waals surface area contributed by atoms with Gasteiger partial charge in [-0.3, -0.25) is 10.1 Å². The Hall–Kier alpha value is -2.09. The lowest BCUT2D eigenvalue weighted by atomic mass is 9.82. The maximum absolute atomic E-state index is 10.7. The summed E-state index contributed by atoms with van der Waals surface area (Å²) in [6.07, 6.45) is 5.79. The van der Waals surface area contributed by atoms with Gasteiger partial charge in [-0.1, -0.05) is 0 Å². The van der Waals surface area contributed by atoms with E-state index in [2.05, 4.69) is 6.07 Å². The van der Waals surface area contributed by atoms with Crippen LogP contribution in [-0.2, 0) is 0 Å². The molecule has 18 heavy (non-hydrogen) atoms. The Morgan fingerprint density at radius 2 is 2.22 bits per heavy atom. The largest absolute Gasteiger partial charge is 0.465 e. The first kappa shape index (κ1) is 12.4. The van der Waals surface area contributed by atoms with E-state index < -0.39 is 6.04 Å². The zero-order chi connectivity index (χ0) is 13.0. The lowest BCUT2D eigenvalue weighted by Crippen LogP contribution is -2.26. The first-order valence-corrected chi connectivity index (χ1v) is 5.99. The zero-order valence-corrected chi connectivity index (χ0v) is 9.91. The second-order valence-corrected chi connectivity index (χ2v) is 4.52. The molecular weight excluding hydrogens is 232 g/mol. The van der Waals surface area contributed by atoms with Crippen LogP contribution in [0.3, 0.4) is 0 Å². The maximum Gasteiger partial charge on any atom is 0.213 e. The standard InChI is InChI=1S/C13H14N2O3/c14-9-11(8-13-2-1-7-18-13)10-3-5-12(6-4-10)15(16)17/h1-2,7-8,10,12H,3-6H2/b11-8+. The molecule has 0 spiro atoms. The molecule has 0 bridgehead atoms. The number of nitrogens with zero attached hydrogens (tertiary/aromatic N) is 2. The molecule has 0 N–H and O–H groups in total. The fourth-order valence-electron chi connectivity index (χ4n) is 2.37. The first-order chi connectivity index (χ1) is 8.70. The molecule has 1 fully saturated rings. The van der Waals surface area contributed by atoms with Crippen LogP contribution in [0.1, 0.15) is 31.4 Å². The topological polar surface area (TPSA) is 80.1 Å². The van der Waals surface area contributed by atoms with Gasteiger partial charge in [-0.25, -0.2) is 0 Å². The predicted molar refractivity (Wildman–Crippen MR) is 65.0 cm³/mol. The summed E-state index contributed by atoms with van der Waals surface area (Å²) in [6, 6.07) is 5.31. The first-order valence-electron chi connectivity index (χ1n) is 5.99. The Bertz CT molecular complexity index is 477.